The van der Waals surface area contributed by atoms with Crippen LogP contribution in [-0.4, -0.2) is 61.5 Å². The van der Waals surface area contributed by atoms with Crippen molar-refractivity contribution >= 4 is 30.2 Å². The normalized spacial score (nSPS) is 16.8. The Morgan fingerprint density at radius 2 is 2.17 bits per heavy atom. The van der Waals surface area contributed by atoms with Gasteiger partial charge in [0, 0.05) is 18.6 Å². The van der Waals surface area contributed by atoms with Gasteiger partial charge in [-0.3, -0.25) is 14.4 Å². The lowest BCUT2D eigenvalue weighted by Gasteiger charge is -2.20. The molecule has 0 aliphatic carbocycles. The van der Waals surface area contributed by atoms with E-state index in [1.54, 1.807) is 6.92 Å². The van der Waals surface area contributed by atoms with Crippen LogP contribution in [0.25, 0.3) is 0 Å². The second kappa shape index (κ2) is 11.2. The number of nitrogens with two attached hydrogens (primary N) is 1. The van der Waals surface area contributed by atoms with Gasteiger partial charge in [-0.2, -0.15) is 0 Å². The summed E-state index contributed by atoms with van der Waals surface area (Å²) >= 11 is 0. The minimum atomic E-state index is -1.68. The monoisotopic (exact) mass is 422 g/mol. The van der Waals surface area contributed by atoms with Gasteiger partial charge in [-0.15, -0.1) is 0 Å². The summed E-state index contributed by atoms with van der Waals surface area (Å²) in [5.41, 5.74) is 6.08. The molecule has 0 radical (unpaired) electrons. The molecular formula is C19H28BFN4O5. The lowest BCUT2D eigenvalue weighted by atomic mass is 9.75. The van der Waals surface area contributed by atoms with E-state index >= 15 is 0 Å². The first kappa shape index (κ1) is 23.9. The van der Waals surface area contributed by atoms with Crippen LogP contribution in [-0.2, 0) is 25.6 Å². The van der Waals surface area contributed by atoms with Gasteiger partial charge in [0.05, 0.1) is 18.6 Å². The zero-order valence-corrected chi connectivity index (χ0v) is 17.2. The average Bonchev–Trinajstić information content (AvgIpc) is 3.24. The van der Waals surface area contributed by atoms with Crippen molar-refractivity contribution < 1.29 is 28.5 Å². The van der Waals surface area contributed by atoms with Gasteiger partial charge in [0.1, 0.15) is 5.82 Å². The molecule has 2 rings (SSSR count). The molecule has 1 aromatic rings. The van der Waals surface area contributed by atoms with E-state index in [0.717, 1.165) is 25.5 Å². The fourth-order valence-corrected chi connectivity index (χ4v) is 3.20. The third-order valence-corrected chi connectivity index (χ3v) is 4.94. The standard InChI is InChI=1S/C19H28BFN4O5/c1-11-6-13(14(7-15(11)21)20(29)30-18(27)8-22)9-23-10-17(12(2)26)25-19(28)16-4-3-5-24-16/h6-7,16-17,23-24,29H,3-5,8-10,22H2,1-2H3,(H,25,28)/t16-,17-/m0/s1. The Morgan fingerprint density at radius 1 is 1.43 bits per heavy atom. The van der Waals surface area contributed by atoms with Crippen molar-refractivity contribution in [3.8, 4) is 0 Å². The van der Waals surface area contributed by atoms with Crippen molar-refractivity contribution in [3.63, 3.8) is 0 Å². The number of carbonyl (C=O) groups is 3. The number of benzene rings is 1. The Hall–Kier alpha value is -2.34. The van der Waals surface area contributed by atoms with Crippen LogP contribution in [0.5, 0.6) is 0 Å². The van der Waals surface area contributed by atoms with E-state index in [1.807, 2.05) is 0 Å². The largest absolute Gasteiger partial charge is 0.562 e. The molecule has 1 heterocycles. The minimum absolute atomic E-state index is 0.0750. The van der Waals surface area contributed by atoms with Crippen molar-refractivity contribution in [1.82, 2.24) is 16.0 Å². The molecule has 0 saturated carbocycles. The topological polar surface area (TPSA) is 143 Å². The maximum atomic E-state index is 14.0. The van der Waals surface area contributed by atoms with Crippen LogP contribution in [0.2, 0.25) is 0 Å². The van der Waals surface area contributed by atoms with E-state index in [0.29, 0.717) is 11.1 Å². The van der Waals surface area contributed by atoms with E-state index in [9.17, 15) is 23.8 Å². The number of Topliss-reactive ketones (excluding diaryl/α,β-unsaturated/α-hetero) is 1. The van der Waals surface area contributed by atoms with Gasteiger partial charge in [-0.1, -0.05) is 6.07 Å². The Labute approximate surface area is 175 Å². The first-order chi connectivity index (χ1) is 14.2. The van der Waals surface area contributed by atoms with Crippen LogP contribution in [0, 0.1) is 12.7 Å². The highest BCUT2D eigenvalue weighted by Gasteiger charge is 2.27. The maximum absolute atomic E-state index is 14.0. The second-order valence-corrected chi connectivity index (χ2v) is 7.30. The van der Waals surface area contributed by atoms with Gasteiger partial charge in [-0.05, 0) is 50.4 Å². The zero-order chi connectivity index (χ0) is 22.3. The van der Waals surface area contributed by atoms with Gasteiger partial charge in [0.25, 0.3) is 0 Å². The Kier molecular flexibility index (Phi) is 8.91. The summed E-state index contributed by atoms with van der Waals surface area (Å²) in [7, 11) is -1.68. The quantitative estimate of drug-likeness (QED) is 0.279. The van der Waals surface area contributed by atoms with Gasteiger partial charge in [0.2, 0.25) is 5.91 Å². The number of nitrogens with one attached hydrogen (secondary N) is 3. The van der Waals surface area contributed by atoms with Crippen LogP contribution < -0.4 is 27.1 Å². The predicted molar refractivity (Wildman–Crippen MR) is 109 cm³/mol. The lowest BCUT2D eigenvalue weighted by molar-refractivity contribution is -0.133. The van der Waals surface area contributed by atoms with Gasteiger partial charge in [0.15, 0.2) is 5.78 Å². The Bertz CT molecular complexity index is 788. The molecule has 1 aromatic carbocycles. The summed E-state index contributed by atoms with van der Waals surface area (Å²) in [6.07, 6.45) is 1.63. The van der Waals surface area contributed by atoms with E-state index < -0.39 is 31.5 Å². The smallest absolute Gasteiger partial charge is 0.505 e. The molecule has 30 heavy (non-hydrogen) atoms. The van der Waals surface area contributed by atoms with E-state index in [2.05, 4.69) is 16.0 Å². The lowest BCUT2D eigenvalue weighted by Crippen LogP contribution is -2.51. The minimum Gasteiger partial charge on any atom is -0.505 e. The Balaban J connectivity index is 2.03. The Morgan fingerprint density at radius 3 is 2.77 bits per heavy atom. The number of hydrogen-bond acceptors (Lipinski definition) is 8. The van der Waals surface area contributed by atoms with Crippen molar-refractivity contribution in [1.29, 1.82) is 0 Å². The van der Waals surface area contributed by atoms with Gasteiger partial charge < -0.3 is 31.4 Å². The average molecular weight is 422 g/mol. The maximum Gasteiger partial charge on any atom is 0.562 e. The number of halogens is 1. The number of ketones is 1. The van der Waals surface area contributed by atoms with E-state index in [4.69, 9.17) is 10.4 Å². The summed E-state index contributed by atoms with van der Waals surface area (Å²) < 4.78 is 18.8. The molecule has 1 amide bonds. The first-order valence-corrected chi connectivity index (χ1v) is 9.84. The molecule has 1 aliphatic rings. The van der Waals surface area contributed by atoms with Crippen molar-refractivity contribution in [3.05, 3.63) is 29.1 Å². The third-order valence-electron chi connectivity index (χ3n) is 4.94. The van der Waals surface area contributed by atoms with Crippen LogP contribution in [0.1, 0.15) is 30.9 Å². The summed E-state index contributed by atoms with van der Waals surface area (Å²) in [6.45, 7) is 3.59. The number of amides is 1. The predicted octanol–water partition coefficient (Wildman–Crippen LogP) is -1.76. The fourth-order valence-electron chi connectivity index (χ4n) is 3.20. The van der Waals surface area contributed by atoms with Crippen LogP contribution >= 0.6 is 0 Å². The molecule has 0 spiro atoms. The number of hydrogen-bond donors (Lipinski definition) is 5. The molecule has 2 atom stereocenters. The molecule has 0 aromatic heterocycles. The second-order valence-electron chi connectivity index (χ2n) is 7.30. The van der Waals surface area contributed by atoms with Gasteiger partial charge in [-0.25, -0.2) is 4.39 Å². The molecular weight excluding hydrogens is 394 g/mol. The van der Waals surface area contributed by atoms with Crippen molar-refractivity contribution in [2.45, 2.75) is 45.3 Å². The van der Waals surface area contributed by atoms with Gasteiger partial charge >= 0.3 is 13.1 Å². The highest BCUT2D eigenvalue weighted by Crippen LogP contribution is 2.09. The van der Waals surface area contributed by atoms with E-state index in [-0.39, 0.29) is 36.3 Å². The van der Waals surface area contributed by atoms with Crippen molar-refractivity contribution in [2.24, 2.45) is 5.73 Å². The molecule has 0 bridgehead atoms. The molecule has 164 valence electrons. The SMILES string of the molecule is CC(=O)[C@H](CNCc1cc(C)c(F)cc1B(O)OC(=O)CN)NC(=O)[C@@H]1CCCN1. The molecule has 1 saturated heterocycles. The van der Waals surface area contributed by atoms with Crippen molar-refractivity contribution in [2.75, 3.05) is 19.6 Å². The molecule has 9 nitrogen and oxygen atoms in total. The summed E-state index contributed by atoms with van der Waals surface area (Å²) in [5.74, 6) is -1.82. The molecule has 1 aliphatic heterocycles. The highest BCUT2D eigenvalue weighted by atomic mass is 19.1. The first-order valence-electron chi connectivity index (χ1n) is 9.84. The van der Waals surface area contributed by atoms with Crippen LogP contribution in [0.15, 0.2) is 12.1 Å². The number of aryl methyl sites for hydroxylation is 1. The van der Waals surface area contributed by atoms with Crippen LogP contribution in [0.4, 0.5) is 4.39 Å². The summed E-state index contributed by atoms with van der Waals surface area (Å²) in [5, 5.41) is 19.0. The molecule has 0 unspecified atom stereocenters. The fraction of sp³-hybridized carbons (Fsp3) is 0.526. The van der Waals surface area contributed by atoms with Crippen LogP contribution in [0.3, 0.4) is 0 Å². The number of rotatable bonds is 10. The summed E-state index contributed by atoms with van der Waals surface area (Å²) in [6, 6.07) is 1.58. The third kappa shape index (κ3) is 6.59. The zero-order valence-electron chi connectivity index (χ0n) is 17.2. The van der Waals surface area contributed by atoms with E-state index in [1.165, 1.54) is 13.0 Å². The highest BCUT2D eigenvalue weighted by molar-refractivity contribution is 6.62. The summed E-state index contributed by atoms with van der Waals surface area (Å²) in [4.78, 5) is 35.5. The molecule has 6 N–H and O–H groups in total. The molecule has 1 fully saturated rings. The molecule has 11 heteroatoms. The number of carbonyl (C=O) groups excluding carboxylic acids is 3.